The van der Waals surface area contributed by atoms with Crippen molar-refractivity contribution in [1.29, 1.82) is 0 Å². The molecule has 4 heteroatoms. The van der Waals surface area contributed by atoms with Crippen molar-refractivity contribution in [3.8, 4) is 0 Å². The lowest BCUT2D eigenvalue weighted by Gasteiger charge is -2.15. The van der Waals surface area contributed by atoms with E-state index in [1.54, 1.807) is 0 Å². The molecule has 3 N–H and O–H groups in total. The van der Waals surface area contributed by atoms with Gasteiger partial charge in [0.15, 0.2) is 0 Å². The molecule has 1 unspecified atom stereocenters. The molecule has 4 nitrogen and oxygen atoms in total. The molecule has 0 aromatic heterocycles. The molecule has 15 heavy (non-hydrogen) atoms. The van der Waals surface area contributed by atoms with Gasteiger partial charge in [-0.3, -0.25) is 4.79 Å². The first kappa shape index (κ1) is 14.4. The third kappa shape index (κ3) is 8.39. The quantitative estimate of drug-likeness (QED) is 0.526. The zero-order valence-electron chi connectivity index (χ0n) is 9.88. The van der Waals surface area contributed by atoms with Crippen LogP contribution in [0.4, 0.5) is 0 Å². The maximum Gasteiger partial charge on any atom is 0.233 e. The van der Waals surface area contributed by atoms with Gasteiger partial charge in [-0.05, 0) is 32.2 Å². The van der Waals surface area contributed by atoms with Crippen molar-refractivity contribution in [2.24, 2.45) is 5.92 Å². The van der Waals surface area contributed by atoms with Crippen LogP contribution in [0.5, 0.6) is 0 Å². The second-order valence-electron chi connectivity index (χ2n) is 3.75. The smallest absolute Gasteiger partial charge is 0.233 e. The minimum atomic E-state index is 0.0387. The second-order valence-corrected chi connectivity index (χ2v) is 3.75. The molecule has 0 saturated heterocycles. The molecule has 0 heterocycles. The first-order valence-corrected chi connectivity index (χ1v) is 5.82. The highest BCUT2D eigenvalue weighted by atomic mass is 16.3. The van der Waals surface area contributed by atoms with Gasteiger partial charge in [-0.15, -0.1) is 0 Å². The largest absolute Gasteiger partial charge is 0.396 e. The third-order valence-corrected chi connectivity index (χ3v) is 2.33. The SMILES string of the molecule is CCCC(CCO)CNCC(=O)NCC. The molecule has 0 aliphatic heterocycles. The predicted molar refractivity (Wildman–Crippen MR) is 61.7 cm³/mol. The summed E-state index contributed by atoms with van der Waals surface area (Å²) in [7, 11) is 0. The van der Waals surface area contributed by atoms with Gasteiger partial charge in [0.2, 0.25) is 5.91 Å². The first-order valence-electron chi connectivity index (χ1n) is 5.82. The van der Waals surface area contributed by atoms with E-state index in [0.717, 1.165) is 25.8 Å². The summed E-state index contributed by atoms with van der Waals surface area (Å²) in [4.78, 5) is 11.1. The normalized spacial score (nSPS) is 12.5. The number of nitrogens with one attached hydrogen (secondary N) is 2. The van der Waals surface area contributed by atoms with Crippen LogP contribution in [0.1, 0.15) is 33.1 Å². The Bertz CT molecular complexity index is 157. The van der Waals surface area contributed by atoms with Gasteiger partial charge in [0, 0.05) is 13.2 Å². The second kappa shape index (κ2) is 9.93. The maximum atomic E-state index is 11.1. The highest BCUT2D eigenvalue weighted by molar-refractivity contribution is 5.77. The number of aliphatic hydroxyl groups is 1. The van der Waals surface area contributed by atoms with Crippen LogP contribution in [0.2, 0.25) is 0 Å². The fourth-order valence-electron chi connectivity index (χ4n) is 1.59. The Morgan fingerprint density at radius 3 is 2.60 bits per heavy atom. The summed E-state index contributed by atoms with van der Waals surface area (Å²) in [5, 5.41) is 14.7. The number of likely N-dealkylation sites (N-methyl/N-ethyl adjacent to an activating group) is 1. The number of hydrogen-bond acceptors (Lipinski definition) is 3. The minimum Gasteiger partial charge on any atom is -0.396 e. The van der Waals surface area contributed by atoms with Crippen molar-refractivity contribution in [3.05, 3.63) is 0 Å². The fourth-order valence-corrected chi connectivity index (χ4v) is 1.59. The molecule has 0 rings (SSSR count). The van der Waals surface area contributed by atoms with Gasteiger partial charge in [-0.1, -0.05) is 13.3 Å². The van der Waals surface area contributed by atoms with Crippen LogP contribution in [-0.2, 0) is 4.79 Å². The Kier molecular flexibility index (Phi) is 9.52. The van der Waals surface area contributed by atoms with Gasteiger partial charge in [-0.2, -0.15) is 0 Å². The lowest BCUT2D eigenvalue weighted by Crippen LogP contribution is -2.36. The molecular formula is C11H24N2O2. The van der Waals surface area contributed by atoms with Crippen LogP contribution >= 0.6 is 0 Å². The number of carbonyl (C=O) groups is 1. The molecule has 0 spiro atoms. The summed E-state index contributed by atoms with van der Waals surface area (Å²) in [5.41, 5.74) is 0. The number of carbonyl (C=O) groups excluding carboxylic acids is 1. The summed E-state index contributed by atoms with van der Waals surface area (Å²) in [5.74, 6) is 0.520. The predicted octanol–water partition coefficient (Wildman–Crippen LogP) is 0.511. The van der Waals surface area contributed by atoms with Crippen molar-refractivity contribution in [3.63, 3.8) is 0 Å². The van der Waals surface area contributed by atoms with E-state index in [4.69, 9.17) is 5.11 Å². The van der Waals surface area contributed by atoms with Gasteiger partial charge in [-0.25, -0.2) is 0 Å². The summed E-state index contributed by atoms with van der Waals surface area (Å²) < 4.78 is 0. The Balaban J connectivity index is 3.55. The highest BCUT2D eigenvalue weighted by Gasteiger charge is 2.07. The molecule has 0 fully saturated rings. The molecular weight excluding hydrogens is 192 g/mol. The van der Waals surface area contributed by atoms with Crippen molar-refractivity contribution in [2.45, 2.75) is 33.1 Å². The Hall–Kier alpha value is -0.610. The molecule has 1 atom stereocenters. The van der Waals surface area contributed by atoms with Crippen molar-refractivity contribution < 1.29 is 9.90 Å². The molecule has 0 aromatic carbocycles. The van der Waals surface area contributed by atoms with E-state index in [-0.39, 0.29) is 12.5 Å². The van der Waals surface area contributed by atoms with Crippen LogP contribution in [0, 0.1) is 5.92 Å². The zero-order valence-corrected chi connectivity index (χ0v) is 9.88. The number of amides is 1. The summed E-state index contributed by atoms with van der Waals surface area (Å²) in [6.07, 6.45) is 3.03. The monoisotopic (exact) mass is 216 g/mol. The Labute approximate surface area is 92.4 Å². The minimum absolute atomic E-state index is 0.0387. The first-order chi connectivity index (χ1) is 7.24. The van der Waals surface area contributed by atoms with Crippen LogP contribution in [0.15, 0.2) is 0 Å². The third-order valence-electron chi connectivity index (χ3n) is 2.33. The summed E-state index contributed by atoms with van der Waals surface area (Å²) in [6, 6.07) is 0. The van der Waals surface area contributed by atoms with E-state index >= 15 is 0 Å². The lowest BCUT2D eigenvalue weighted by molar-refractivity contribution is -0.120. The number of aliphatic hydroxyl groups excluding tert-OH is 1. The van der Waals surface area contributed by atoms with Gasteiger partial charge < -0.3 is 15.7 Å². The summed E-state index contributed by atoms with van der Waals surface area (Å²) >= 11 is 0. The van der Waals surface area contributed by atoms with E-state index in [1.165, 1.54) is 0 Å². The molecule has 0 aliphatic rings. The van der Waals surface area contributed by atoms with Crippen LogP contribution in [0.3, 0.4) is 0 Å². The molecule has 1 amide bonds. The Morgan fingerprint density at radius 1 is 1.33 bits per heavy atom. The molecule has 90 valence electrons. The van der Waals surface area contributed by atoms with E-state index < -0.39 is 0 Å². The average molecular weight is 216 g/mol. The number of hydrogen-bond donors (Lipinski definition) is 3. The van der Waals surface area contributed by atoms with E-state index in [1.807, 2.05) is 6.92 Å². The van der Waals surface area contributed by atoms with Gasteiger partial charge in [0.1, 0.15) is 0 Å². The number of rotatable bonds is 9. The van der Waals surface area contributed by atoms with Crippen LogP contribution in [-0.4, -0.2) is 37.3 Å². The van der Waals surface area contributed by atoms with E-state index in [2.05, 4.69) is 17.6 Å². The van der Waals surface area contributed by atoms with Crippen LogP contribution in [0.25, 0.3) is 0 Å². The Morgan fingerprint density at radius 2 is 2.07 bits per heavy atom. The van der Waals surface area contributed by atoms with Crippen LogP contribution < -0.4 is 10.6 Å². The molecule has 0 aromatic rings. The van der Waals surface area contributed by atoms with Gasteiger partial charge in [0.05, 0.1) is 6.54 Å². The fraction of sp³-hybridized carbons (Fsp3) is 0.909. The molecule has 0 aliphatic carbocycles. The summed E-state index contributed by atoms with van der Waals surface area (Å²) in [6.45, 7) is 6.13. The maximum absolute atomic E-state index is 11.1. The average Bonchev–Trinajstić information content (AvgIpc) is 2.19. The van der Waals surface area contributed by atoms with Crippen molar-refractivity contribution >= 4 is 5.91 Å². The lowest BCUT2D eigenvalue weighted by atomic mass is 10.0. The topological polar surface area (TPSA) is 61.4 Å². The molecule has 0 radical (unpaired) electrons. The van der Waals surface area contributed by atoms with E-state index in [9.17, 15) is 4.79 Å². The molecule has 0 saturated carbocycles. The van der Waals surface area contributed by atoms with Gasteiger partial charge >= 0.3 is 0 Å². The van der Waals surface area contributed by atoms with Gasteiger partial charge in [0.25, 0.3) is 0 Å². The standard InChI is InChI=1S/C11H24N2O2/c1-3-5-10(6-7-14)8-12-9-11(15)13-4-2/h10,12,14H,3-9H2,1-2H3,(H,13,15). The van der Waals surface area contributed by atoms with E-state index in [0.29, 0.717) is 19.0 Å². The highest BCUT2D eigenvalue weighted by Crippen LogP contribution is 2.08. The zero-order chi connectivity index (χ0) is 11.5. The molecule has 0 bridgehead atoms. The van der Waals surface area contributed by atoms with Crippen molar-refractivity contribution in [1.82, 2.24) is 10.6 Å². The van der Waals surface area contributed by atoms with Crippen molar-refractivity contribution in [2.75, 3.05) is 26.2 Å².